The summed E-state index contributed by atoms with van der Waals surface area (Å²) in [4.78, 5) is 13.3. The maximum Gasteiger partial charge on any atom is 0.248 e. The fraction of sp³-hybridized carbons (Fsp3) is 0.429. The number of carbonyl (C=O) groups excluding carboxylic acids is 1. The van der Waals surface area contributed by atoms with Gasteiger partial charge in [-0.3, -0.25) is 4.79 Å². The van der Waals surface area contributed by atoms with E-state index >= 15 is 0 Å². The summed E-state index contributed by atoms with van der Waals surface area (Å²) in [7, 11) is 0. The van der Waals surface area contributed by atoms with Crippen LogP contribution in [0.4, 0.5) is 0 Å². The maximum absolute atomic E-state index is 11.5. The van der Waals surface area contributed by atoms with E-state index in [9.17, 15) is 4.79 Å². The Hall–Kier alpha value is -2.06. The smallest absolute Gasteiger partial charge is 0.248 e. The monoisotopic (exact) mass is 260 g/mol. The summed E-state index contributed by atoms with van der Waals surface area (Å²) < 4.78 is 10.6. The number of rotatable bonds is 5. The predicted molar refractivity (Wildman–Crippen MR) is 68.7 cm³/mol. The second kappa shape index (κ2) is 6.76. The topological polar surface area (TPSA) is 62.6 Å². The third-order valence-electron chi connectivity index (χ3n) is 2.89. The van der Waals surface area contributed by atoms with Crippen LogP contribution in [0.2, 0.25) is 0 Å². The molecule has 100 valence electrons. The van der Waals surface area contributed by atoms with E-state index in [0.29, 0.717) is 37.6 Å². The number of amides is 1. The van der Waals surface area contributed by atoms with E-state index in [0.717, 1.165) is 6.42 Å². The summed E-state index contributed by atoms with van der Waals surface area (Å²) in [6.45, 7) is 2.66. The van der Waals surface area contributed by atoms with Gasteiger partial charge in [0.25, 0.3) is 0 Å². The summed E-state index contributed by atoms with van der Waals surface area (Å²) in [6, 6.07) is 9.12. The van der Waals surface area contributed by atoms with E-state index in [4.69, 9.17) is 14.7 Å². The Morgan fingerprint density at radius 1 is 1.47 bits per heavy atom. The molecule has 1 amide bonds. The normalized spacial score (nSPS) is 15.1. The molecule has 0 bridgehead atoms. The van der Waals surface area contributed by atoms with Crippen LogP contribution in [0.15, 0.2) is 24.3 Å². The molecular formula is C14H16N2O3. The summed E-state index contributed by atoms with van der Waals surface area (Å²) >= 11 is 0. The molecule has 5 nitrogen and oxygen atoms in total. The van der Waals surface area contributed by atoms with Crippen molar-refractivity contribution in [2.24, 2.45) is 0 Å². The first-order chi connectivity index (χ1) is 9.29. The van der Waals surface area contributed by atoms with E-state index in [1.54, 1.807) is 23.1 Å². The van der Waals surface area contributed by atoms with Gasteiger partial charge in [0.2, 0.25) is 5.91 Å². The maximum atomic E-state index is 11.5. The van der Waals surface area contributed by atoms with Crippen LogP contribution < -0.4 is 4.74 Å². The lowest BCUT2D eigenvalue weighted by Gasteiger charge is -2.26. The third kappa shape index (κ3) is 3.97. The molecule has 1 saturated heterocycles. The number of ether oxygens (including phenoxy) is 2. The molecule has 1 fully saturated rings. The van der Waals surface area contributed by atoms with Crippen LogP contribution in [-0.4, -0.2) is 43.7 Å². The highest BCUT2D eigenvalue weighted by molar-refractivity contribution is 5.77. The molecule has 1 aliphatic heterocycles. The highest BCUT2D eigenvalue weighted by Gasteiger charge is 2.17. The SMILES string of the molecule is N#Cc1cccc(OCCCN2CCOCC2=O)c1. The molecule has 1 aliphatic rings. The molecule has 0 spiro atoms. The number of nitriles is 1. The van der Waals surface area contributed by atoms with Crippen molar-refractivity contribution in [1.82, 2.24) is 4.90 Å². The first kappa shape index (κ1) is 13.4. The van der Waals surface area contributed by atoms with Crippen LogP contribution in [0.5, 0.6) is 5.75 Å². The quantitative estimate of drug-likeness (QED) is 0.746. The van der Waals surface area contributed by atoms with E-state index in [2.05, 4.69) is 6.07 Å². The van der Waals surface area contributed by atoms with Crippen molar-refractivity contribution in [3.05, 3.63) is 29.8 Å². The average molecular weight is 260 g/mol. The molecule has 0 radical (unpaired) electrons. The molecule has 2 rings (SSSR count). The number of benzene rings is 1. The second-order valence-electron chi connectivity index (χ2n) is 4.28. The van der Waals surface area contributed by atoms with Crippen molar-refractivity contribution < 1.29 is 14.3 Å². The first-order valence-electron chi connectivity index (χ1n) is 6.28. The molecule has 19 heavy (non-hydrogen) atoms. The Kier molecular flexibility index (Phi) is 4.76. The Balaban J connectivity index is 1.71. The fourth-order valence-electron chi connectivity index (χ4n) is 1.89. The van der Waals surface area contributed by atoms with E-state index in [1.165, 1.54) is 0 Å². The molecular weight excluding hydrogens is 244 g/mol. The molecule has 1 heterocycles. The molecule has 0 atom stereocenters. The van der Waals surface area contributed by atoms with Gasteiger partial charge in [-0.05, 0) is 24.6 Å². The summed E-state index contributed by atoms with van der Waals surface area (Å²) in [5, 5.41) is 8.77. The number of hydrogen-bond donors (Lipinski definition) is 0. The molecule has 1 aromatic rings. The van der Waals surface area contributed by atoms with Gasteiger partial charge in [-0.25, -0.2) is 0 Å². The zero-order valence-electron chi connectivity index (χ0n) is 10.7. The Morgan fingerprint density at radius 2 is 2.37 bits per heavy atom. The summed E-state index contributed by atoms with van der Waals surface area (Å²) in [6.07, 6.45) is 0.766. The number of hydrogen-bond acceptors (Lipinski definition) is 4. The Bertz CT molecular complexity index is 482. The average Bonchev–Trinajstić information content (AvgIpc) is 2.45. The van der Waals surface area contributed by atoms with Gasteiger partial charge in [-0.15, -0.1) is 0 Å². The molecule has 0 saturated carbocycles. The van der Waals surface area contributed by atoms with Crippen LogP contribution in [-0.2, 0) is 9.53 Å². The number of morpholine rings is 1. The molecule has 1 aromatic carbocycles. The van der Waals surface area contributed by atoms with Crippen molar-refractivity contribution in [1.29, 1.82) is 5.26 Å². The van der Waals surface area contributed by atoms with Crippen molar-refractivity contribution in [3.63, 3.8) is 0 Å². The molecule has 0 unspecified atom stereocenters. The summed E-state index contributed by atoms with van der Waals surface area (Å²) in [5.74, 6) is 0.727. The molecule has 5 heteroatoms. The van der Waals surface area contributed by atoms with Crippen LogP contribution >= 0.6 is 0 Å². The van der Waals surface area contributed by atoms with Crippen LogP contribution in [0.3, 0.4) is 0 Å². The molecule has 0 aromatic heterocycles. The van der Waals surface area contributed by atoms with Crippen molar-refractivity contribution in [2.75, 3.05) is 32.9 Å². The highest BCUT2D eigenvalue weighted by atomic mass is 16.5. The fourth-order valence-corrected chi connectivity index (χ4v) is 1.89. The van der Waals surface area contributed by atoms with Gasteiger partial charge in [0.05, 0.1) is 24.8 Å². The predicted octanol–water partition coefficient (Wildman–Crippen LogP) is 1.19. The number of nitrogens with zero attached hydrogens (tertiary/aromatic N) is 2. The van der Waals surface area contributed by atoms with Gasteiger partial charge < -0.3 is 14.4 Å². The Morgan fingerprint density at radius 3 is 3.16 bits per heavy atom. The van der Waals surface area contributed by atoms with E-state index < -0.39 is 0 Å². The standard InChI is InChI=1S/C14H16N2O3/c15-10-12-3-1-4-13(9-12)19-7-2-5-16-6-8-18-11-14(16)17/h1,3-4,9H,2,5-8,11H2. The van der Waals surface area contributed by atoms with E-state index in [1.807, 2.05) is 6.07 Å². The lowest BCUT2D eigenvalue weighted by Crippen LogP contribution is -2.42. The minimum absolute atomic E-state index is 0.0396. The largest absolute Gasteiger partial charge is 0.493 e. The zero-order chi connectivity index (χ0) is 13.5. The minimum Gasteiger partial charge on any atom is -0.493 e. The van der Waals surface area contributed by atoms with Crippen molar-refractivity contribution in [2.45, 2.75) is 6.42 Å². The van der Waals surface area contributed by atoms with Gasteiger partial charge >= 0.3 is 0 Å². The molecule has 0 aliphatic carbocycles. The molecule has 0 N–H and O–H groups in total. The second-order valence-corrected chi connectivity index (χ2v) is 4.28. The first-order valence-corrected chi connectivity index (χ1v) is 6.28. The van der Waals surface area contributed by atoms with Gasteiger partial charge in [0.15, 0.2) is 0 Å². The van der Waals surface area contributed by atoms with Gasteiger partial charge in [0.1, 0.15) is 12.4 Å². The van der Waals surface area contributed by atoms with Crippen molar-refractivity contribution >= 4 is 5.91 Å². The van der Waals surface area contributed by atoms with Crippen molar-refractivity contribution in [3.8, 4) is 11.8 Å². The number of carbonyl (C=O) groups is 1. The lowest BCUT2D eigenvalue weighted by atomic mass is 10.2. The zero-order valence-corrected chi connectivity index (χ0v) is 10.7. The van der Waals surface area contributed by atoms with Gasteiger partial charge in [-0.1, -0.05) is 6.07 Å². The third-order valence-corrected chi connectivity index (χ3v) is 2.89. The highest BCUT2D eigenvalue weighted by Crippen LogP contribution is 2.12. The van der Waals surface area contributed by atoms with Gasteiger partial charge in [0, 0.05) is 13.1 Å². The summed E-state index contributed by atoms with van der Waals surface area (Å²) in [5.41, 5.74) is 0.584. The van der Waals surface area contributed by atoms with Crippen LogP contribution in [0.1, 0.15) is 12.0 Å². The van der Waals surface area contributed by atoms with Crippen LogP contribution in [0, 0.1) is 11.3 Å². The van der Waals surface area contributed by atoms with Gasteiger partial charge in [-0.2, -0.15) is 5.26 Å². The minimum atomic E-state index is 0.0396. The lowest BCUT2D eigenvalue weighted by molar-refractivity contribution is -0.142. The van der Waals surface area contributed by atoms with E-state index in [-0.39, 0.29) is 12.5 Å². The Labute approximate surface area is 112 Å². The van der Waals surface area contributed by atoms with Crippen LogP contribution in [0.25, 0.3) is 0 Å².